The Morgan fingerprint density at radius 3 is 2.44 bits per heavy atom. The Hall–Kier alpha value is -0.440. The van der Waals surface area contributed by atoms with Crippen molar-refractivity contribution in [3.63, 3.8) is 0 Å². The number of alkyl halides is 1. The molecule has 0 heterocycles. The van der Waals surface area contributed by atoms with Crippen LogP contribution in [-0.2, 0) is 5.41 Å². The van der Waals surface area contributed by atoms with Crippen molar-refractivity contribution in [3.05, 3.63) is 47.0 Å². The molecule has 0 aromatic heterocycles. The van der Waals surface area contributed by atoms with Gasteiger partial charge < -0.3 is 0 Å². The highest BCUT2D eigenvalue weighted by Crippen LogP contribution is 2.32. The Labute approximate surface area is 110 Å². The van der Waals surface area contributed by atoms with E-state index in [9.17, 15) is 0 Å². The number of rotatable bonds is 3. The van der Waals surface area contributed by atoms with E-state index in [1.54, 1.807) is 0 Å². The fraction of sp³-hybridized carbons (Fsp3) is 0.400. The normalized spacial score (nSPS) is 13.9. The summed E-state index contributed by atoms with van der Waals surface area (Å²) in [6.45, 7) is 9.05. The third-order valence-corrected chi connectivity index (χ3v) is 4.32. The van der Waals surface area contributed by atoms with Gasteiger partial charge in [0, 0.05) is 5.41 Å². The summed E-state index contributed by atoms with van der Waals surface area (Å²) in [7, 11) is 0. The molecule has 0 aliphatic rings. The fourth-order valence-corrected chi connectivity index (χ4v) is 2.75. The van der Waals surface area contributed by atoms with Gasteiger partial charge in [-0.15, -0.1) is 20.7 Å². The van der Waals surface area contributed by atoms with E-state index in [-0.39, 0.29) is 26.1 Å². The van der Waals surface area contributed by atoms with Gasteiger partial charge in [0.2, 0.25) is 0 Å². The number of aryl methyl sites for hydroxylation is 1. The molecule has 0 saturated heterocycles. The third-order valence-electron chi connectivity index (χ3n) is 3.24. The number of benzene rings is 1. The Balaban J connectivity index is 3.16. The second-order valence-corrected chi connectivity index (χ2v) is 6.60. The number of hydrogen-bond acceptors (Lipinski definition) is 0. The van der Waals surface area contributed by atoms with Gasteiger partial charge in [0.15, 0.2) is 0 Å². The first kappa shape index (κ1) is 13.6. The van der Waals surface area contributed by atoms with E-state index in [4.69, 9.17) is 0 Å². The van der Waals surface area contributed by atoms with Crippen LogP contribution in [0.2, 0.25) is 0 Å². The molecule has 0 unspecified atom stereocenters. The number of allylic oxidation sites excluding steroid dienone is 2. The smallest absolute Gasteiger partial charge is 0.0108 e. The van der Waals surface area contributed by atoms with Crippen molar-refractivity contribution in [2.24, 2.45) is 0 Å². The minimum absolute atomic E-state index is 0.140. The first-order valence-electron chi connectivity index (χ1n) is 5.55. The molecule has 16 heavy (non-hydrogen) atoms. The van der Waals surface area contributed by atoms with Crippen molar-refractivity contribution in [1.29, 1.82) is 0 Å². The van der Waals surface area contributed by atoms with Gasteiger partial charge in [0.05, 0.1) is 0 Å². The summed E-state index contributed by atoms with van der Waals surface area (Å²) in [5.74, 6) is 0. The minimum atomic E-state index is 0.140. The maximum absolute atomic E-state index is 2.34. The molecule has 0 bridgehead atoms. The average Bonchev–Trinajstić information content (AvgIpc) is 2.26. The molecule has 1 aromatic rings. The summed E-state index contributed by atoms with van der Waals surface area (Å²) in [5, 5.41) is 0. The minimum Gasteiger partial charge on any atom is -0.126 e. The molecule has 0 nitrogen and oxygen atoms in total. The van der Waals surface area contributed by atoms with Gasteiger partial charge in [-0.1, -0.05) is 49.8 Å². The van der Waals surface area contributed by atoms with Gasteiger partial charge >= 0.3 is 0 Å². The van der Waals surface area contributed by atoms with Gasteiger partial charge in [-0.05, 0) is 33.9 Å². The average molecular weight is 328 g/mol. The lowest BCUT2D eigenvalue weighted by Crippen LogP contribution is -2.20. The predicted molar refractivity (Wildman–Crippen MR) is 84.0 cm³/mol. The highest BCUT2D eigenvalue weighted by molar-refractivity contribution is 14.2. The molecular weight excluding hydrogens is 307 g/mol. The van der Waals surface area contributed by atoms with Gasteiger partial charge in [-0.25, -0.2) is 0 Å². The van der Waals surface area contributed by atoms with Gasteiger partial charge in [0.1, 0.15) is 0 Å². The van der Waals surface area contributed by atoms with E-state index in [2.05, 4.69) is 67.0 Å². The Bertz CT molecular complexity index is 411. The van der Waals surface area contributed by atoms with E-state index in [1.165, 1.54) is 16.7 Å². The molecule has 0 fully saturated rings. The Kier molecular flexibility index (Phi) is 4.90. The van der Waals surface area contributed by atoms with Crippen molar-refractivity contribution in [3.8, 4) is 0 Å². The fourth-order valence-electron chi connectivity index (χ4n) is 1.85. The van der Waals surface area contributed by atoms with Crippen molar-refractivity contribution < 1.29 is 0 Å². The zero-order chi connectivity index (χ0) is 12.2. The molecule has 0 atom stereocenters. The van der Waals surface area contributed by atoms with Crippen LogP contribution in [0, 0.1) is 6.92 Å². The van der Waals surface area contributed by atoms with Crippen LogP contribution in [-0.4, -0.2) is 8.94 Å². The largest absolute Gasteiger partial charge is 0.126 e. The summed E-state index contributed by atoms with van der Waals surface area (Å²) in [4.78, 5) is 2.28. The first-order valence-corrected chi connectivity index (χ1v) is 8.95. The van der Waals surface area contributed by atoms with E-state index >= 15 is 0 Å². The summed E-state index contributed by atoms with van der Waals surface area (Å²) >= 11 is 0.246. The molecule has 0 N–H and O–H groups in total. The lowest BCUT2D eigenvalue weighted by atomic mass is 9.76. The van der Waals surface area contributed by atoms with E-state index in [1.807, 2.05) is 0 Å². The van der Waals surface area contributed by atoms with Crippen LogP contribution in [0.5, 0.6) is 0 Å². The number of hydrogen-bond donors (Lipinski definition) is 0. The van der Waals surface area contributed by atoms with Crippen LogP contribution in [0.3, 0.4) is 0 Å². The molecular formula is C15H21I. The molecule has 0 aliphatic carbocycles. The molecule has 0 saturated carbocycles. The zero-order valence-electron chi connectivity index (χ0n) is 10.8. The molecule has 1 rings (SSSR count). The molecule has 1 heteroatoms. The van der Waals surface area contributed by atoms with Crippen LogP contribution >= 0.6 is 20.7 Å². The molecule has 0 aliphatic heterocycles. The Morgan fingerprint density at radius 1 is 1.25 bits per heavy atom. The molecule has 0 amide bonds. The monoisotopic (exact) mass is 328 g/mol. The Morgan fingerprint density at radius 2 is 1.88 bits per heavy atom. The third kappa shape index (κ3) is 3.03. The van der Waals surface area contributed by atoms with Crippen LogP contribution in [0.25, 0.3) is 0 Å². The zero-order valence-corrected chi connectivity index (χ0v) is 13.0. The van der Waals surface area contributed by atoms with Crippen molar-refractivity contribution in [1.82, 2.24) is 0 Å². The second-order valence-electron chi connectivity index (χ2n) is 4.63. The van der Waals surface area contributed by atoms with Crippen molar-refractivity contribution in [2.75, 3.05) is 4.93 Å². The molecule has 1 aromatic carbocycles. The second kappa shape index (κ2) is 5.76. The lowest BCUT2D eigenvalue weighted by molar-refractivity contribution is 0.620. The van der Waals surface area contributed by atoms with Crippen LogP contribution in [0.1, 0.15) is 31.9 Å². The highest BCUT2D eigenvalue weighted by Gasteiger charge is 2.23. The topological polar surface area (TPSA) is 0 Å². The predicted octanol–water partition coefficient (Wildman–Crippen LogP) is 4.62. The van der Waals surface area contributed by atoms with Crippen molar-refractivity contribution in [2.45, 2.75) is 33.1 Å². The maximum Gasteiger partial charge on any atom is 0.0108 e. The highest BCUT2D eigenvalue weighted by atomic mass is 127. The molecule has 0 spiro atoms. The first-order chi connectivity index (χ1) is 7.50. The van der Waals surface area contributed by atoms with E-state index in [0.717, 1.165) is 0 Å². The van der Waals surface area contributed by atoms with Crippen molar-refractivity contribution >= 4 is 24.7 Å². The van der Waals surface area contributed by atoms with E-state index < -0.39 is 0 Å². The maximum atomic E-state index is 2.34. The van der Waals surface area contributed by atoms with Gasteiger partial charge in [-0.2, -0.15) is 0 Å². The summed E-state index contributed by atoms with van der Waals surface area (Å²) in [5.41, 5.74) is 4.40. The summed E-state index contributed by atoms with van der Waals surface area (Å²) < 4.78 is 2.34. The summed E-state index contributed by atoms with van der Waals surface area (Å²) in [6.07, 6.45) is 2.31. The van der Waals surface area contributed by atoms with Gasteiger partial charge in [0.25, 0.3) is 0 Å². The van der Waals surface area contributed by atoms with E-state index in [0.29, 0.717) is 0 Å². The molecule has 0 radical (unpaired) electrons. The lowest BCUT2D eigenvalue weighted by Gasteiger charge is -2.28. The van der Waals surface area contributed by atoms with Crippen LogP contribution < -0.4 is 0 Å². The number of halogens is 1. The molecule has 88 valence electrons. The SMILES string of the molecule is CI=C/C=C(\C)C(C)(C)c1ccccc1C. The van der Waals surface area contributed by atoms with Gasteiger partial charge in [-0.3, -0.25) is 0 Å². The quantitative estimate of drug-likeness (QED) is 0.561. The van der Waals surface area contributed by atoms with Crippen LogP contribution in [0.15, 0.2) is 35.9 Å². The summed E-state index contributed by atoms with van der Waals surface area (Å²) in [6, 6.07) is 8.68. The van der Waals surface area contributed by atoms with Crippen LogP contribution in [0.4, 0.5) is 0 Å². The standard InChI is InChI=1S/C15H21I/c1-12-8-6-7-9-14(12)15(3,4)13(2)10-11-16-5/h6-11H,1-5H3/b13-10+.